The molecule has 1 atom stereocenters. The van der Waals surface area contributed by atoms with Crippen molar-refractivity contribution in [1.29, 1.82) is 0 Å². The van der Waals surface area contributed by atoms with Crippen LogP contribution in [0.1, 0.15) is 45.4 Å². The molecular formula is C16H24N6O. The average molecular weight is 316 g/mol. The quantitative estimate of drug-likeness (QED) is 0.875. The number of hydrogen-bond acceptors (Lipinski definition) is 5. The largest absolute Gasteiger partial charge is 0.355 e. The van der Waals surface area contributed by atoms with Gasteiger partial charge in [0.1, 0.15) is 5.82 Å². The second-order valence-corrected chi connectivity index (χ2v) is 6.15. The van der Waals surface area contributed by atoms with E-state index in [0.29, 0.717) is 12.8 Å². The lowest BCUT2D eigenvalue weighted by atomic mass is 10.2. The Kier molecular flexibility index (Phi) is 4.73. The van der Waals surface area contributed by atoms with Crippen LogP contribution in [0.5, 0.6) is 0 Å². The first kappa shape index (κ1) is 15.7. The van der Waals surface area contributed by atoms with Gasteiger partial charge in [0.2, 0.25) is 5.91 Å². The molecule has 0 aromatic carbocycles. The number of fused-ring (bicyclic) bond motifs is 1. The first-order chi connectivity index (χ1) is 11.2. The minimum Gasteiger partial charge on any atom is -0.355 e. The smallest absolute Gasteiger partial charge is 0.220 e. The molecule has 2 aromatic rings. The predicted octanol–water partition coefficient (Wildman–Crippen LogP) is 1.57. The molecule has 0 aliphatic carbocycles. The van der Waals surface area contributed by atoms with Crippen molar-refractivity contribution >= 4 is 17.4 Å². The Hall–Kier alpha value is -2.18. The van der Waals surface area contributed by atoms with E-state index in [1.54, 1.807) is 4.52 Å². The zero-order chi connectivity index (χ0) is 16.2. The summed E-state index contributed by atoms with van der Waals surface area (Å²) < 4.78 is 1.77. The highest BCUT2D eigenvalue weighted by Gasteiger charge is 2.16. The van der Waals surface area contributed by atoms with Gasteiger partial charge in [0.15, 0.2) is 11.5 Å². The SMILES string of the molecule is CC[C@@H](C)NC(=O)CCc1nnc2ccc(N3CCCC3)nn12. The summed E-state index contributed by atoms with van der Waals surface area (Å²) in [6.07, 6.45) is 4.30. The summed E-state index contributed by atoms with van der Waals surface area (Å²) in [5.74, 6) is 1.74. The molecule has 0 radical (unpaired) electrons. The summed E-state index contributed by atoms with van der Waals surface area (Å²) in [7, 11) is 0. The number of anilines is 1. The summed E-state index contributed by atoms with van der Waals surface area (Å²) >= 11 is 0. The molecule has 23 heavy (non-hydrogen) atoms. The number of amides is 1. The summed E-state index contributed by atoms with van der Waals surface area (Å²) in [5, 5.41) is 16.0. The van der Waals surface area contributed by atoms with Gasteiger partial charge in [-0.2, -0.15) is 4.52 Å². The van der Waals surface area contributed by atoms with Crippen molar-refractivity contribution in [2.45, 2.75) is 52.0 Å². The van der Waals surface area contributed by atoms with E-state index >= 15 is 0 Å². The van der Waals surface area contributed by atoms with Crippen molar-refractivity contribution in [3.8, 4) is 0 Å². The lowest BCUT2D eigenvalue weighted by molar-refractivity contribution is -0.121. The summed E-state index contributed by atoms with van der Waals surface area (Å²) in [5.41, 5.74) is 0.727. The van der Waals surface area contributed by atoms with Crippen molar-refractivity contribution < 1.29 is 4.79 Å². The Morgan fingerprint density at radius 1 is 1.30 bits per heavy atom. The number of nitrogens with zero attached hydrogens (tertiary/aromatic N) is 5. The second kappa shape index (κ2) is 6.93. The van der Waals surface area contributed by atoms with Gasteiger partial charge < -0.3 is 10.2 Å². The fourth-order valence-electron chi connectivity index (χ4n) is 2.77. The van der Waals surface area contributed by atoms with E-state index in [-0.39, 0.29) is 11.9 Å². The molecule has 0 bridgehead atoms. The van der Waals surface area contributed by atoms with Gasteiger partial charge in [0.05, 0.1) is 0 Å². The molecular weight excluding hydrogens is 292 g/mol. The minimum atomic E-state index is 0.0480. The van der Waals surface area contributed by atoms with Crippen molar-refractivity contribution in [2.24, 2.45) is 0 Å². The van der Waals surface area contributed by atoms with E-state index < -0.39 is 0 Å². The van der Waals surface area contributed by atoms with Gasteiger partial charge in [-0.05, 0) is 38.3 Å². The number of nitrogens with one attached hydrogen (secondary N) is 1. The van der Waals surface area contributed by atoms with E-state index in [9.17, 15) is 4.79 Å². The molecule has 0 unspecified atom stereocenters. The normalized spacial score (nSPS) is 16.0. The van der Waals surface area contributed by atoms with Crippen LogP contribution >= 0.6 is 0 Å². The lowest BCUT2D eigenvalue weighted by Gasteiger charge is -2.15. The lowest BCUT2D eigenvalue weighted by Crippen LogP contribution is -2.32. The molecule has 2 aromatic heterocycles. The first-order valence-electron chi connectivity index (χ1n) is 8.43. The second-order valence-electron chi connectivity index (χ2n) is 6.15. The maximum atomic E-state index is 11.9. The van der Waals surface area contributed by atoms with Crippen LogP contribution in [-0.2, 0) is 11.2 Å². The van der Waals surface area contributed by atoms with E-state index in [1.807, 2.05) is 19.1 Å². The highest BCUT2D eigenvalue weighted by molar-refractivity contribution is 5.76. The third kappa shape index (κ3) is 3.60. The fourth-order valence-corrected chi connectivity index (χ4v) is 2.77. The Balaban J connectivity index is 1.70. The summed E-state index contributed by atoms with van der Waals surface area (Å²) in [6.45, 7) is 6.16. The Bertz CT molecular complexity index is 676. The molecule has 1 amide bonds. The number of hydrogen-bond donors (Lipinski definition) is 1. The van der Waals surface area contributed by atoms with Crippen molar-refractivity contribution in [3.05, 3.63) is 18.0 Å². The van der Waals surface area contributed by atoms with Gasteiger partial charge in [0.25, 0.3) is 0 Å². The topological polar surface area (TPSA) is 75.4 Å². The maximum absolute atomic E-state index is 11.9. The van der Waals surface area contributed by atoms with Crippen LogP contribution in [0.3, 0.4) is 0 Å². The molecule has 1 N–H and O–H groups in total. The monoisotopic (exact) mass is 316 g/mol. The molecule has 1 saturated heterocycles. The minimum absolute atomic E-state index is 0.0480. The summed E-state index contributed by atoms with van der Waals surface area (Å²) in [6, 6.07) is 4.14. The number of aryl methyl sites for hydroxylation is 1. The zero-order valence-corrected chi connectivity index (χ0v) is 13.8. The molecule has 0 saturated carbocycles. The first-order valence-corrected chi connectivity index (χ1v) is 8.43. The van der Waals surface area contributed by atoms with Crippen LogP contribution in [0.25, 0.3) is 5.65 Å². The van der Waals surface area contributed by atoms with Crippen LogP contribution < -0.4 is 10.2 Å². The third-order valence-corrected chi connectivity index (χ3v) is 4.34. The molecule has 7 heteroatoms. The van der Waals surface area contributed by atoms with Crippen LogP contribution in [-0.4, -0.2) is 44.8 Å². The zero-order valence-electron chi connectivity index (χ0n) is 13.8. The van der Waals surface area contributed by atoms with E-state index in [2.05, 4.69) is 32.4 Å². The van der Waals surface area contributed by atoms with Gasteiger partial charge >= 0.3 is 0 Å². The van der Waals surface area contributed by atoms with Gasteiger partial charge in [-0.15, -0.1) is 15.3 Å². The number of aromatic nitrogens is 4. The standard InChI is InChI=1S/C16H24N6O/c1-3-12(2)17-16(23)9-8-14-19-18-13-6-7-15(20-22(13)14)21-10-4-5-11-21/h6-7,12H,3-5,8-11H2,1-2H3,(H,17,23)/t12-/m1/s1. The molecule has 3 heterocycles. The molecule has 7 nitrogen and oxygen atoms in total. The van der Waals surface area contributed by atoms with Gasteiger partial charge in [-0.25, -0.2) is 0 Å². The Labute approximate surface area is 136 Å². The Morgan fingerprint density at radius 3 is 2.83 bits per heavy atom. The Morgan fingerprint density at radius 2 is 2.09 bits per heavy atom. The maximum Gasteiger partial charge on any atom is 0.220 e. The number of carbonyl (C=O) groups excluding carboxylic acids is 1. The van der Waals surface area contributed by atoms with E-state index in [1.165, 1.54) is 12.8 Å². The van der Waals surface area contributed by atoms with Gasteiger partial charge in [-0.1, -0.05) is 6.92 Å². The molecule has 1 fully saturated rings. The van der Waals surface area contributed by atoms with Crippen LogP contribution in [0.2, 0.25) is 0 Å². The fraction of sp³-hybridized carbons (Fsp3) is 0.625. The number of carbonyl (C=O) groups is 1. The van der Waals surface area contributed by atoms with Gasteiger partial charge in [-0.3, -0.25) is 4.79 Å². The summed E-state index contributed by atoms with van der Waals surface area (Å²) in [4.78, 5) is 14.2. The highest BCUT2D eigenvalue weighted by atomic mass is 16.1. The van der Waals surface area contributed by atoms with E-state index in [0.717, 1.165) is 36.8 Å². The van der Waals surface area contributed by atoms with E-state index in [4.69, 9.17) is 0 Å². The average Bonchev–Trinajstić information content (AvgIpc) is 3.22. The van der Waals surface area contributed by atoms with Crippen LogP contribution in [0, 0.1) is 0 Å². The third-order valence-electron chi connectivity index (χ3n) is 4.34. The van der Waals surface area contributed by atoms with Crippen LogP contribution in [0.15, 0.2) is 12.1 Å². The van der Waals surface area contributed by atoms with Crippen molar-refractivity contribution in [2.75, 3.05) is 18.0 Å². The molecule has 1 aliphatic heterocycles. The molecule has 0 spiro atoms. The molecule has 1 aliphatic rings. The number of rotatable bonds is 6. The predicted molar refractivity (Wildman–Crippen MR) is 88.4 cm³/mol. The molecule has 3 rings (SSSR count). The van der Waals surface area contributed by atoms with Crippen molar-refractivity contribution in [1.82, 2.24) is 25.1 Å². The van der Waals surface area contributed by atoms with Crippen LogP contribution in [0.4, 0.5) is 5.82 Å². The molecule has 124 valence electrons. The van der Waals surface area contributed by atoms with Crippen molar-refractivity contribution in [3.63, 3.8) is 0 Å². The van der Waals surface area contributed by atoms with Gasteiger partial charge in [0, 0.05) is 32.0 Å². The highest BCUT2D eigenvalue weighted by Crippen LogP contribution is 2.18.